The highest BCUT2D eigenvalue weighted by atomic mass is 19.2. The molecule has 8 heteroatoms. The first-order chi connectivity index (χ1) is 13.4. The number of piperazine rings is 1. The summed E-state index contributed by atoms with van der Waals surface area (Å²) in [6, 6.07) is 6.55. The predicted octanol–water partition coefficient (Wildman–Crippen LogP) is 2.62. The van der Waals surface area contributed by atoms with Crippen LogP contribution >= 0.6 is 0 Å². The third-order valence-corrected chi connectivity index (χ3v) is 5.33. The lowest BCUT2D eigenvalue weighted by Gasteiger charge is -2.37. The number of aromatic nitrogens is 3. The third kappa shape index (κ3) is 2.59. The highest BCUT2D eigenvalue weighted by Gasteiger charge is 2.30. The predicted molar refractivity (Wildman–Crippen MR) is 101 cm³/mol. The number of anilines is 1. The van der Waals surface area contributed by atoms with E-state index in [4.69, 9.17) is 4.98 Å². The molecule has 2 aliphatic rings. The number of carbonyl (C=O) groups is 1. The Kier molecular flexibility index (Phi) is 3.74. The number of nitrogens with zero attached hydrogens (tertiary/aromatic N) is 4. The number of rotatable bonds is 1. The molecular formula is C20H19F2N5O. The number of benzene rings is 1. The van der Waals surface area contributed by atoms with Crippen LogP contribution in [0, 0.1) is 11.6 Å². The van der Waals surface area contributed by atoms with Gasteiger partial charge >= 0.3 is 0 Å². The first-order valence-corrected chi connectivity index (χ1v) is 9.32. The smallest absolute Gasteiger partial charge is 0.203 e. The van der Waals surface area contributed by atoms with Gasteiger partial charge < -0.3 is 10.2 Å². The van der Waals surface area contributed by atoms with Crippen molar-refractivity contribution in [1.82, 2.24) is 19.9 Å². The Bertz CT molecular complexity index is 1120. The number of fused-ring (bicyclic) bond motifs is 5. The molecule has 0 unspecified atom stereocenters. The molecule has 1 N–H and O–H groups in total. The van der Waals surface area contributed by atoms with Gasteiger partial charge in [-0.3, -0.25) is 9.36 Å². The van der Waals surface area contributed by atoms with Crippen LogP contribution in [0.3, 0.4) is 0 Å². The Labute approximate surface area is 160 Å². The van der Waals surface area contributed by atoms with Crippen molar-refractivity contribution in [2.45, 2.75) is 32.4 Å². The van der Waals surface area contributed by atoms with Gasteiger partial charge in [0.15, 0.2) is 17.5 Å². The van der Waals surface area contributed by atoms with Crippen molar-refractivity contribution >= 4 is 22.6 Å². The van der Waals surface area contributed by atoms with Crippen LogP contribution in [0.4, 0.5) is 14.6 Å². The van der Waals surface area contributed by atoms with Gasteiger partial charge in [0.25, 0.3) is 0 Å². The van der Waals surface area contributed by atoms with E-state index in [1.807, 2.05) is 12.1 Å². The first kappa shape index (κ1) is 17.2. The zero-order valence-corrected chi connectivity index (χ0v) is 15.5. The van der Waals surface area contributed by atoms with Crippen molar-refractivity contribution in [2.24, 2.45) is 0 Å². The van der Waals surface area contributed by atoms with E-state index in [0.29, 0.717) is 23.4 Å². The van der Waals surface area contributed by atoms with Crippen molar-refractivity contribution < 1.29 is 13.6 Å². The van der Waals surface area contributed by atoms with E-state index in [9.17, 15) is 13.6 Å². The molecular weight excluding hydrogens is 364 g/mol. The lowest BCUT2D eigenvalue weighted by atomic mass is 10.1. The van der Waals surface area contributed by atoms with Crippen LogP contribution in [-0.4, -0.2) is 45.5 Å². The van der Waals surface area contributed by atoms with Crippen LogP contribution in [0.15, 0.2) is 24.3 Å². The Morgan fingerprint density at radius 3 is 2.54 bits per heavy atom. The lowest BCUT2D eigenvalue weighted by molar-refractivity contribution is 0.0977. The second kappa shape index (κ2) is 6.07. The number of imidazole rings is 1. The number of carbonyl (C=O) groups excluding carboxylic acids is 1. The topological polar surface area (TPSA) is 63.1 Å². The minimum atomic E-state index is -0.985. The van der Waals surface area contributed by atoms with Crippen LogP contribution in [0.2, 0.25) is 0 Å². The zero-order valence-electron chi connectivity index (χ0n) is 15.5. The molecule has 0 amide bonds. The molecule has 1 fully saturated rings. The zero-order chi connectivity index (χ0) is 19.6. The van der Waals surface area contributed by atoms with E-state index >= 15 is 0 Å². The first-order valence-electron chi connectivity index (χ1n) is 9.32. The van der Waals surface area contributed by atoms with Crippen molar-refractivity contribution in [3.05, 3.63) is 47.3 Å². The monoisotopic (exact) mass is 383 g/mol. The third-order valence-electron chi connectivity index (χ3n) is 5.33. The highest BCUT2D eigenvalue weighted by Crippen LogP contribution is 2.31. The molecule has 4 heterocycles. The average Bonchev–Trinajstić information content (AvgIpc) is 3.00. The second-order valence-corrected chi connectivity index (χ2v) is 7.65. The van der Waals surface area contributed by atoms with Gasteiger partial charge in [-0.25, -0.2) is 18.7 Å². The second-order valence-electron chi connectivity index (χ2n) is 7.65. The quantitative estimate of drug-likeness (QED) is 0.700. The van der Waals surface area contributed by atoms with Crippen molar-refractivity contribution in [1.29, 1.82) is 0 Å². The van der Waals surface area contributed by atoms with Crippen LogP contribution in [0.25, 0.3) is 16.9 Å². The summed E-state index contributed by atoms with van der Waals surface area (Å²) in [6.45, 7) is 5.87. The van der Waals surface area contributed by atoms with Gasteiger partial charge in [0.2, 0.25) is 5.78 Å². The van der Waals surface area contributed by atoms with E-state index in [1.165, 1.54) is 0 Å². The summed E-state index contributed by atoms with van der Waals surface area (Å²) in [6.07, 6.45) is 0.172. The molecule has 144 valence electrons. The summed E-state index contributed by atoms with van der Waals surface area (Å²) in [5, 5.41) is 3.49. The maximum absolute atomic E-state index is 13.9. The van der Waals surface area contributed by atoms with E-state index in [-0.39, 0.29) is 23.5 Å². The molecule has 5 rings (SSSR count). The summed E-state index contributed by atoms with van der Waals surface area (Å²) in [5.41, 5.74) is 1.34. The fourth-order valence-electron chi connectivity index (χ4n) is 4.21. The fraction of sp³-hybridized carbons (Fsp3) is 0.350. The molecule has 28 heavy (non-hydrogen) atoms. The fourth-order valence-corrected chi connectivity index (χ4v) is 4.21. The molecule has 0 aliphatic carbocycles. The van der Waals surface area contributed by atoms with Gasteiger partial charge in [0.05, 0.1) is 11.0 Å². The molecule has 0 bridgehead atoms. The van der Waals surface area contributed by atoms with E-state index in [0.717, 1.165) is 36.6 Å². The largest absolute Gasteiger partial charge is 0.353 e. The van der Waals surface area contributed by atoms with Gasteiger partial charge in [0, 0.05) is 49.3 Å². The number of halogens is 2. The van der Waals surface area contributed by atoms with Gasteiger partial charge in [0.1, 0.15) is 11.6 Å². The number of hydrogen-bond donors (Lipinski definition) is 1. The summed E-state index contributed by atoms with van der Waals surface area (Å²) >= 11 is 0. The van der Waals surface area contributed by atoms with Crippen molar-refractivity contribution in [3.8, 4) is 5.82 Å². The standard InChI is InChI=1S/C20H19F2N5O/c1-10-8-26(9-11(2)23-10)18-4-3-12-5-17(28)20-24-15-6-13(21)14(22)7-16(15)27(20)19(12)25-18/h3-4,6-7,10-11,23H,5,8-9H2,1-2H3/t10-,11+. The number of hydrogen-bond acceptors (Lipinski definition) is 5. The minimum Gasteiger partial charge on any atom is -0.353 e. The molecule has 1 aromatic carbocycles. The lowest BCUT2D eigenvalue weighted by Crippen LogP contribution is -2.54. The number of pyridine rings is 1. The van der Waals surface area contributed by atoms with Gasteiger partial charge in [-0.1, -0.05) is 6.07 Å². The van der Waals surface area contributed by atoms with Crippen LogP contribution in [0.1, 0.15) is 30.0 Å². The Morgan fingerprint density at radius 1 is 1.07 bits per heavy atom. The summed E-state index contributed by atoms with van der Waals surface area (Å²) in [7, 11) is 0. The van der Waals surface area contributed by atoms with Gasteiger partial charge in [-0.2, -0.15) is 0 Å². The number of ketones is 1. The summed E-state index contributed by atoms with van der Waals surface area (Å²) < 4.78 is 29.1. The molecule has 2 aromatic heterocycles. The molecule has 1 saturated heterocycles. The number of Topliss-reactive ketones (excluding diaryl/α,β-unsaturated/α-hetero) is 1. The van der Waals surface area contributed by atoms with Crippen LogP contribution < -0.4 is 10.2 Å². The molecule has 3 aromatic rings. The van der Waals surface area contributed by atoms with Crippen molar-refractivity contribution in [2.75, 3.05) is 18.0 Å². The van der Waals surface area contributed by atoms with E-state index < -0.39 is 11.6 Å². The van der Waals surface area contributed by atoms with Gasteiger partial charge in [-0.05, 0) is 19.9 Å². The summed E-state index contributed by atoms with van der Waals surface area (Å²) in [4.78, 5) is 23.8. The molecule has 0 spiro atoms. The Hall–Kier alpha value is -2.87. The maximum Gasteiger partial charge on any atom is 0.203 e. The molecule has 6 nitrogen and oxygen atoms in total. The average molecular weight is 383 g/mol. The molecule has 2 atom stereocenters. The van der Waals surface area contributed by atoms with Crippen LogP contribution in [-0.2, 0) is 6.42 Å². The van der Waals surface area contributed by atoms with E-state index in [2.05, 4.69) is 29.0 Å². The molecule has 2 aliphatic heterocycles. The molecule has 0 radical (unpaired) electrons. The Morgan fingerprint density at radius 2 is 1.79 bits per heavy atom. The summed E-state index contributed by atoms with van der Waals surface area (Å²) in [5.74, 6) is -0.636. The molecule has 0 saturated carbocycles. The van der Waals surface area contributed by atoms with Crippen molar-refractivity contribution in [3.63, 3.8) is 0 Å². The maximum atomic E-state index is 13.9. The highest BCUT2D eigenvalue weighted by molar-refractivity contribution is 6.01. The normalized spacial score (nSPS) is 21.7. The van der Waals surface area contributed by atoms with Crippen LogP contribution in [0.5, 0.6) is 0 Å². The van der Waals surface area contributed by atoms with E-state index in [1.54, 1.807) is 4.57 Å². The Balaban J connectivity index is 1.68. The van der Waals surface area contributed by atoms with Gasteiger partial charge in [-0.15, -0.1) is 0 Å². The SMILES string of the molecule is C[C@@H]1CN(c2ccc3c(n2)-n2c(nc4cc(F)c(F)cc42)C(=O)C3)C[C@H](C)N1. The number of nitrogens with one attached hydrogen (secondary N) is 1. The minimum absolute atomic E-state index is 0.166.